The second-order valence-electron chi connectivity index (χ2n) is 6.52. The van der Waals surface area contributed by atoms with Crippen LogP contribution in [0.4, 0.5) is 13.2 Å². The Morgan fingerprint density at radius 2 is 1.63 bits per heavy atom. The van der Waals surface area contributed by atoms with Gasteiger partial charge in [-0.15, -0.1) is 0 Å². The van der Waals surface area contributed by atoms with Crippen molar-refractivity contribution in [2.24, 2.45) is 14.1 Å². The van der Waals surface area contributed by atoms with Gasteiger partial charge in [0.05, 0.1) is 5.56 Å². The van der Waals surface area contributed by atoms with Crippen LogP contribution < -0.4 is 4.57 Å². The van der Waals surface area contributed by atoms with E-state index < -0.39 is 11.7 Å². The van der Waals surface area contributed by atoms with Crippen molar-refractivity contribution in [3.63, 3.8) is 0 Å². The number of rotatable bonds is 2. The van der Waals surface area contributed by atoms with E-state index in [1.54, 1.807) is 17.8 Å². The van der Waals surface area contributed by atoms with E-state index in [2.05, 4.69) is 0 Å². The number of hydrogen-bond acceptors (Lipinski definition) is 1. The lowest BCUT2D eigenvalue weighted by atomic mass is 10.0. The molecule has 0 bridgehead atoms. The fourth-order valence-corrected chi connectivity index (χ4v) is 3.52. The highest BCUT2D eigenvalue weighted by molar-refractivity contribution is 6.18. The maximum atomic E-state index is 13.2. The lowest BCUT2D eigenvalue weighted by Crippen LogP contribution is -2.36. The molecule has 3 nitrogen and oxygen atoms in total. The van der Waals surface area contributed by atoms with E-state index in [4.69, 9.17) is 0 Å². The Bertz CT molecular complexity index is 1190. The van der Waals surface area contributed by atoms with Crippen molar-refractivity contribution in [1.82, 2.24) is 4.57 Å². The number of para-hydroxylation sites is 1. The first-order chi connectivity index (χ1) is 12.8. The topological polar surface area (TPSA) is 25.9 Å². The van der Waals surface area contributed by atoms with Crippen molar-refractivity contribution in [1.29, 1.82) is 0 Å². The van der Waals surface area contributed by atoms with E-state index in [1.807, 2.05) is 41.9 Å². The minimum Gasteiger partial charge on any atom is -0.338 e. The van der Waals surface area contributed by atoms with E-state index in [9.17, 15) is 18.0 Å². The first-order valence-corrected chi connectivity index (χ1v) is 8.37. The number of hydrogen-bond donors (Lipinski definition) is 0. The number of halogens is 3. The third-order valence-electron chi connectivity index (χ3n) is 4.88. The SMILES string of the molecule is Cn1c2ccccc2c2cc[n+](C)c(C(=O)c3ccc(C(F)(F)F)cc3)c21. The number of aromatic nitrogens is 2. The summed E-state index contributed by atoms with van der Waals surface area (Å²) >= 11 is 0. The van der Waals surface area contributed by atoms with Gasteiger partial charge in [-0.2, -0.15) is 17.7 Å². The lowest BCUT2D eigenvalue weighted by Gasteiger charge is -2.07. The van der Waals surface area contributed by atoms with Crippen LogP contribution in [-0.4, -0.2) is 10.4 Å². The van der Waals surface area contributed by atoms with Gasteiger partial charge in [-0.25, -0.2) is 0 Å². The summed E-state index contributed by atoms with van der Waals surface area (Å²) in [4.78, 5) is 13.2. The van der Waals surface area contributed by atoms with E-state index in [0.717, 1.165) is 33.9 Å². The van der Waals surface area contributed by atoms with Crippen LogP contribution in [0.2, 0.25) is 0 Å². The van der Waals surface area contributed by atoms with Crippen molar-refractivity contribution < 1.29 is 22.5 Å². The van der Waals surface area contributed by atoms with Crippen LogP contribution in [0.15, 0.2) is 60.8 Å². The molecule has 2 aromatic carbocycles. The van der Waals surface area contributed by atoms with E-state index in [1.165, 1.54) is 12.1 Å². The summed E-state index contributed by atoms with van der Waals surface area (Å²) < 4.78 is 42.0. The number of carbonyl (C=O) groups is 1. The lowest BCUT2D eigenvalue weighted by molar-refractivity contribution is -0.672. The van der Waals surface area contributed by atoms with E-state index in [0.29, 0.717) is 5.69 Å². The van der Waals surface area contributed by atoms with Gasteiger partial charge in [-0.1, -0.05) is 30.3 Å². The van der Waals surface area contributed by atoms with Gasteiger partial charge in [0.1, 0.15) is 12.6 Å². The summed E-state index contributed by atoms with van der Waals surface area (Å²) in [7, 11) is 3.64. The van der Waals surface area contributed by atoms with Gasteiger partial charge >= 0.3 is 6.18 Å². The predicted octanol–water partition coefficient (Wildman–Crippen LogP) is 4.41. The highest BCUT2D eigenvalue weighted by Gasteiger charge is 2.31. The molecule has 4 aromatic rings. The highest BCUT2D eigenvalue weighted by atomic mass is 19.4. The number of fused-ring (bicyclic) bond motifs is 3. The summed E-state index contributed by atoms with van der Waals surface area (Å²) in [5.41, 5.74) is 1.62. The molecule has 0 amide bonds. The van der Waals surface area contributed by atoms with Crippen LogP contribution in [0.5, 0.6) is 0 Å². The van der Waals surface area contributed by atoms with Gasteiger partial charge in [0.15, 0.2) is 6.20 Å². The maximum Gasteiger partial charge on any atom is 0.416 e. The molecule has 0 fully saturated rings. The fraction of sp³-hybridized carbons (Fsp3) is 0.143. The summed E-state index contributed by atoms with van der Waals surface area (Å²) in [6, 6.07) is 14.1. The molecule has 0 saturated heterocycles. The van der Waals surface area contributed by atoms with Gasteiger partial charge in [-0.05, 0) is 18.2 Å². The maximum absolute atomic E-state index is 13.2. The van der Waals surface area contributed by atoms with Crippen molar-refractivity contribution in [2.75, 3.05) is 0 Å². The molecule has 0 atom stereocenters. The van der Waals surface area contributed by atoms with Crippen LogP contribution in [0.3, 0.4) is 0 Å². The summed E-state index contributed by atoms with van der Waals surface area (Å²) in [6.07, 6.45) is -2.63. The zero-order valence-electron chi connectivity index (χ0n) is 14.7. The normalized spacial score (nSPS) is 12.0. The number of aryl methyl sites for hydroxylation is 2. The minimum atomic E-state index is -4.43. The Hall–Kier alpha value is -3.15. The number of alkyl halides is 3. The second-order valence-corrected chi connectivity index (χ2v) is 6.52. The van der Waals surface area contributed by atoms with Crippen molar-refractivity contribution in [3.05, 3.63) is 77.6 Å². The molecule has 2 heterocycles. The zero-order valence-corrected chi connectivity index (χ0v) is 14.7. The van der Waals surface area contributed by atoms with E-state index in [-0.39, 0.29) is 11.3 Å². The first-order valence-electron chi connectivity index (χ1n) is 8.37. The molecule has 2 aromatic heterocycles. The predicted molar refractivity (Wildman–Crippen MR) is 96.5 cm³/mol. The van der Waals surface area contributed by atoms with Gasteiger partial charge in [-0.3, -0.25) is 4.79 Å². The monoisotopic (exact) mass is 369 g/mol. The third kappa shape index (κ3) is 2.68. The summed E-state index contributed by atoms with van der Waals surface area (Å²) in [5, 5.41) is 1.96. The average molecular weight is 369 g/mol. The van der Waals surface area contributed by atoms with Gasteiger partial charge in [0.2, 0.25) is 0 Å². The van der Waals surface area contributed by atoms with Crippen LogP contribution in [0, 0.1) is 0 Å². The molecular weight excluding hydrogens is 353 g/mol. The average Bonchev–Trinajstić information content (AvgIpc) is 2.93. The van der Waals surface area contributed by atoms with Crippen LogP contribution in [0.1, 0.15) is 21.6 Å². The third-order valence-corrected chi connectivity index (χ3v) is 4.88. The number of benzene rings is 2. The Balaban J connectivity index is 1.93. The quantitative estimate of drug-likeness (QED) is 0.380. The number of nitrogens with zero attached hydrogens (tertiary/aromatic N) is 2. The molecule has 136 valence electrons. The Labute approximate surface area is 153 Å². The Morgan fingerprint density at radius 1 is 0.963 bits per heavy atom. The molecular formula is C21H16F3N2O+. The van der Waals surface area contributed by atoms with Gasteiger partial charge < -0.3 is 4.57 Å². The minimum absolute atomic E-state index is 0.219. The van der Waals surface area contributed by atoms with Crippen LogP contribution in [-0.2, 0) is 20.3 Å². The zero-order chi connectivity index (χ0) is 19.3. The summed E-state index contributed by atoms with van der Waals surface area (Å²) in [5.74, 6) is -0.317. The molecule has 0 N–H and O–H groups in total. The highest BCUT2D eigenvalue weighted by Crippen LogP contribution is 2.31. The Kier molecular flexibility index (Phi) is 3.80. The standard InChI is InChI=1S/C21H16F3N2O/c1-25-12-11-16-15-5-3-4-6-17(15)26(2)18(16)19(25)20(27)13-7-9-14(10-8-13)21(22,23)24/h3-12H,1-2H3/q+1. The smallest absolute Gasteiger partial charge is 0.338 e. The van der Waals surface area contributed by atoms with Crippen molar-refractivity contribution in [3.8, 4) is 0 Å². The second kappa shape index (κ2) is 5.94. The van der Waals surface area contributed by atoms with Crippen LogP contribution in [0.25, 0.3) is 21.8 Å². The Morgan fingerprint density at radius 3 is 2.30 bits per heavy atom. The molecule has 4 rings (SSSR count). The molecule has 6 heteroatoms. The number of pyridine rings is 1. The molecule has 0 spiro atoms. The molecule has 0 saturated carbocycles. The summed E-state index contributed by atoms with van der Waals surface area (Å²) in [6.45, 7) is 0. The number of carbonyl (C=O) groups excluding carboxylic acids is 1. The van der Waals surface area contributed by atoms with Crippen molar-refractivity contribution >= 4 is 27.6 Å². The molecule has 0 unspecified atom stereocenters. The molecule has 27 heavy (non-hydrogen) atoms. The van der Waals surface area contributed by atoms with Crippen LogP contribution >= 0.6 is 0 Å². The van der Waals surface area contributed by atoms with Gasteiger partial charge in [0, 0.05) is 35.0 Å². The largest absolute Gasteiger partial charge is 0.416 e. The van der Waals surface area contributed by atoms with Crippen molar-refractivity contribution in [2.45, 2.75) is 6.18 Å². The van der Waals surface area contributed by atoms with E-state index >= 15 is 0 Å². The fourth-order valence-electron chi connectivity index (χ4n) is 3.52. The first kappa shape index (κ1) is 17.3. The molecule has 0 radical (unpaired) electrons. The van der Waals surface area contributed by atoms with Gasteiger partial charge in [0.25, 0.3) is 11.5 Å². The molecule has 0 aliphatic heterocycles. The molecule has 0 aliphatic carbocycles. The number of ketones is 1. The molecule has 0 aliphatic rings.